The molecule has 2 aromatic carbocycles. The number of hydroxylamine groups is 2. The van der Waals surface area contributed by atoms with Crippen molar-refractivity contribution >= 4 is 23.6 Å². The number of amides is 4. The van der Waals surface area contributed by atoms with E-state index in [0.717, 1.165) is 4.90 Å². The van der Waals surface area contributed by atoms with E-state index < -0.39 is 23.6 Å². The van der Waals surface area contributed by atoms with Gasteiger partial charge in [0.05, 0.1) is 35.4 Å². The van der Waals surface area contributed by atoms with E-state index in [9.17, 15) is 19.2 Å². The second kappa shape index (κ2) is 5.64. The minimum atomic E-state index is -0.553. The Balaban J connectivity index is 1.43. The van der Waals surface area contributed by atoms with Crippen molar-refractivity contribution in [1.29, 1.82) is 0 Å². The highest BCUT2D eigenvalue weighted by molar-refractivity contribution is 6.21. The maximum atomic E-state index is 12.2. The Bertz CT molecular complexity index is 791. The van der Waals surface area contributed by atoms with Gasteiger partial charge in [-0.05, 0) is 24.3 Å². The van der Waals surface area contributed by atoms with Crippen LogP contribution >= 0.6 is 0 Å². The molecule has 0 saturated heterocycles. The quantitative estimate of drug-likeness (QED) is 0.790. The summed E-state index contributed by atoms with van der Waals surface area (Å²) in [6, 6.07) is 12.9. The molecule has 2 heterocycles. The van der Waals surface area contributed by atoms with E-state index in [0.29, 0.717) is 16.2 Å². The van der Waals surface area contributed by atoms with Crippen LogP contribution in [0.15, 0.2) is 48.5 Å². The summed E-state index contributed by atoms with van der Waals surface area (Å²) in [4.78, 5) is 55.1. The zero-order chi connectivity index (χ0) is 17.6. The topological polar surface area (TPSA) is 84.0 Å². The maximum Gasteiger partial charge on any atom is 0.285 e. The average molecular weight is 336 g/mol. The second-order valence-corrected chi connectivity index (χ2v) is 5.59. The van der Waals surface area contributed by atoms with Crippen LogP contribution < -0.4 is 0 Å². The number of imide groups is 2. The third-order valence-corrected chi connectivity index (χ3v) is 4.17. The van der Waals surface area contributed by atoms with Crippen molar-refractivity contribution in [1.82, 2.24) is 9.96 Å². The molecule has 2 aliphatic rings. The molecule has 0 unspecified atom stereocenters. The molecule has 0 bridgehead atoms. The first kappa shape index (κ1) is 15.2. The molecule has 2 aliphatic heterocycles. The summed E-state index contributed by atoms with van der Waals surface area (Å²) in [6.45, 7) is -0.212. The monoisotopic (exact) mass is 336 g/mol. The Morgan fingerprint density at radius 2 is 1.04 bits per heavy atom. The predicted molar refractivity (Wildman–Crippen MR) is 84.7 cm³/mol. The molecule has 0 atom stereocenters. The van der Waals surface area contributed by atoms with Crippen LogP contribution in [0.3, 0.4) is 0 Å². The molecule has 0 N–H and O–H groups in total. The van der Waals surface area contributed by atoms with Crippen LogP contribution in [0.5, 0.6) is 0 Å². The van der Waals surface area contributed by atoms with Crippen LogP contribution in [-0.4, -0.2) is 46.7 Å². The van der Waals surface area contributed by atoms with E-state index in [1.807, 2.05) is 0 Å². The number of carbonyl (C=O) groups is 4. The number of rotatable bonds is 4. The third-order valence-electron chi connectivity index (χ3n) is 4.17. The summed E-state index contributed by atoms with van der Waals surface area (Å²) >= 11 is 0. The van der Waals surface area contributed by atoms with E-state index >= 15 is 0 Å². The number of fused-ring (bicyclic) bond motifs is 2. The molecular weight excluding hydrogens is 324 g/mol. The number of hydrogen-bond donors (Lipinski definition) is 0. The van der Waals surface area contributed by atoms with Crippen LogP contribution in [0.25, 0.3) is 0 Å². The zero-order valence-corrected chi connectivity index (χ0v) is 13.0. The molecule has 0 aromatic heterocycles. The first-order valence-corrected chi connectivity index (χ1v) is 7.65. The van der Waals surface area contributed by atoms with Crippen molar-refractivity contribution in [2.75, 3.05) is 13.2 Å². The molecule has 0 spiro atoms. The Labute approximate surface area is 142 Å². The Morgan fingerprint density at radius 3 is 1.48 bits per heavy atom. The predicted octanol–water partition coefficient (Wildman–Crippen LogP) is 1.51. The van der Waals surface area contributed by atoms with Crippen LogP contribution in [0.1, 0.15) is 41.4 Å². The number of carbonyl (C=O) groups excluding carboxylic acids is 4. The Morgan fingerprint density at radius 1 is 0.640 bits per heavy atom. The first-order chi connectivity index (χ1) is 12.1. The standard InChI is InChI=1S/C18H12N2O5/c21-15-11-5-1-2-6-12(11)16(22)19(15)9-10-25-20-17(23)13-7-3-4-8-14(13)18(20)24/h1-8H,9-10H2. The van der Waals surface area contributed by atoms with Gasteiger partial charge in [-0.15, -0.1) is 5.06 Å². The summed E-state index contributed by atoms with van der Waals surface area (Å²) in [6.07, 6.45) is 0. The highest BCUT2D eigenvalue weighted by atomic mass is 16.7. The van der Waals surface area contributed by atoms with Gasteiger partial charge in [-0.2, -0.15) is 0 Å². The van der Waals surface area contributed by atoms with Crippen molar-refractivity contribution in [2.24, 2.45) is 0 Å². The number of nitrogens with zero attached hydrogens (tertiary/aromatic N) is 2. The van der Waals surface area contributed by atoms with Gasteiger partial charge in [-0.25, -0.2) is 0 Å². The van der Waals surface area contributed by atoms with Gasteiger partial charge in [-0.3, -0.25) is 28.9 Å². The summed E-state index contributed by atoms with van der Waals surface area (Å²) < 4.78 is 0. The van der Waals surface area contributed by atoms with Crippen molar-refractivity contribution in [2.45, 2.75) is 0 Å². The molecule has 124 valence electrons. The van der Waals surface area contributed by atoms with Crippen LogP contribution in [0.2, 0.25) is 0 Å². The highest BCUT2D eigenvalue weighted by Gasteiger charge is 2.38. The van der Waals surface area contributed by atoms with Gasteiger partial charge < -0.3 is 0 Å². The Hall–Kier alpha value is -3.32. The third kappa shape index (κ3) is 2.25. The highest BCUT2D eigenvalue weighted by Crippen LogP contribution is 2.24. The minimum Gasteiger partial charge on any atom is -0.272 e. The number of benzene rings is 2. The summed E-state index contributed by atoms with van der Waals surface area (Å²) in [5.74, 6) is -1.93. The molecule has 0 saturated carbocycles. The van der Waals surface area contributed by atoms with Gasteiger partial charge >= 0.3 is 0 Å². The molecule has 0 fully saturated rings. The smallest absolute Gasteiger partial charge is 0.272 e. The molecule has 0 aliphatic carbocycles. The van der Waals surface area contributed by atoms with Crippen LogP contribution in [-0.2, 0) is 4.84 Å². The van der Waals surface area contributed by atoms with Gasteiger partial charge in [0.25, 0.3) is 23.6 Å². The van der Waals surface area contributed by atoms with Crippen molar-refractivity contribution < 1.29 is 24.0 Å². The van der Waals surface area contributed by atoms with Gasteiger partial charge in [0.2, 0.25) is 0 Å². The largest absolute Gasteiger partial charge is 0.285 e. The fourth-order valence-corrected chi connectivity index (χ4v) is 2.95. The van der Waals surface area contributed by atoms with Crippen molar-refractivity contribution in [3.63, 3.8) is 0 Å². The van der Waals surface area contributed by atoms with Gasteiger partial charge in [0.15, 0.2) is 0 Å². The summed E-state index contributed by atoms with van der Waals surface area (Å²) in [5.41, 5.74) is 1.22. The summed E-state index contributed by atoms with van der Waals surface area (Å²) in [7, 11) is 0. The van der Waals surface area contributed by atoms with E-state index in [1.54, 1.807) is 48.5 Å². The lowest BCUT2D eigenvalue weighted by molar-refractivity contribution is -0.0927. The van der Waals surface area contributed by atoms with Crippen LogP contribution in [0.4, 0.5) is 0 Å². The van der Waals surface area contributed by atoms with Crippen molar-refractivity contribution in [3.8, 4) is 0 Å². The SMILES string of the molecule is O=C1c2ccccc2C(=O)N1CCON1C(=O)c2ccccc2C1=O. The molecule has 25 heavy (non-hydrogen) atoms. The van der Waals surface area contributed by atoms with Gasteiger partial charge in [0.1, 0.15) is 0 Å². The normalized spacial score (nSPS) is 15.8. The number of hydrogen-bond acceptors (Lipinski definition) is 5. The van der Waals surface area contributed by atoms with Crippen LogP contribution in [0, 0.1) is 0 Å². The average Bonchev–Trinajstić information content (AvgIpc) is 3.03. The molecular formula is C18H12N2O5. The Kier molecular flexibility index (Phi) is 3.43. The van der Waals surface area contributed by atoms with E-state index in [4.69, 9.17) is 4.84 Å². The van der Waals surface area contributed by atoms with Crippen molar-refractivity contribution in [3.05, 3.63) is 70.8 Å². The first-order valence-electron chi connectivity index (χ1n) is 7.65. The molecule has 4 rings (SSSR count). The molecule has 7 nitrogen and oxygen atoms in total. The van der Waals surface area contributed by atoms with E-state index in [2.05, 4.69) is 0 Å². The second-order valence-electron chi connectivity index (χ2n) is 5.59. The maximum absolute atomic E-state index is 12.2. The molecule has 4 amide bonds. The summed E-state index contributed by atoms with van der Waals surface area (Å²) in [5, 5.41) is 0.669. The molecule has 7 heteroatoms. The zero-order valence-electron chi connectivity index (χ0n) is 13.0. The lowest BCUT2D eigenvalue weighted by Crippen LogP contribution is -2.37. The fraction of sp³-hybridized carbons (Fsp3) is 0.111. The molecule has 2 aromatic rings. The van der Waals surface area contributed by atoms with E-state index in [1.165, 1.54) is 0 Å². The fourth-order valence-electron chi connectivity index (χ4n) is 2.95. The van der Waals surface area contributed by atoms with Gasteiger partial charge in [-0.1, -0.05) is 24.3 Å². The minimum absolute atomic E-state index is 0.0558. The molecule has 0 radical (unpaired) electrons. The lowest BCUT2D eigenvalue weighted by Gasteiger charge is -2.17. The van der Waals surface area contributed by atoms with Gasteiger partial charge in [0, 0.05) is 0 Å². The van der Waals surface area contributed by atoms with E-state index in [-0.39, 0.29) is 24.3 Å². The lowest BCUT2D eigenvalue weighted by atomic mass is 10.1.